The molecular formula is C17H25ClN2O. The first-order chi connectivity index (χ1) is 10.1. The summed E-state index contributed by atoms with van der Waals surface area (Å²) in [6.07, 6.45) is 4.58. The minimum atomic E-state index is 0.0860. The molecule has 0 saturated heterocycles. The summed E-state index contributed by atoms with van der Waals surface area (Å²) in [4.78, 5) is 14.9. The van der Waals surface area contributed by atoms with Gasteiger partial charge in [0.25, 0.3) is 5.91 Å². The molecule has 116 valence electrons. The van der Waals surface area contributed by atoms with Crippen LogP contribution in [0.25, 0.3) is 0 Å². The zero-order valence-corrected chi connectivity index (χ0v) is 13.7. The Morgan fingerprint density at radius 2 is 2.10 bits per heavy atom. The van der Waals surface area contributed by atoms with Crippen LogP contribution in [0.3, 0.4) is 0 Å². The van der Waals surface area contributed by atoms with Gasteiger partial charge in [0.2, 0.25) is 0 Å². The summed E-state index contributed by atoms with van der Waals surface area (Å²) in [5.74, 6) is 0.505. The summed E-state index contributed by atoms with van der Waals surface area (Å²) in [6.45, 7) is 5.32. The van der Waals surface area contributed by atoms with Crippen LogP contribution in [0.15, 0.2) is 18.2 Å². The first kappa shape index (κ1) is 16.3. The normalized spacial score (nSPS) is 22.1. The number of halogens is 1. The second kappa shape index (κ2) is 7.28. The Bertz CT molecular complexity index is 504. The van der Waals surface area contributed by atoms with Crippen molar-refractivity contribution >= 4 is 17.5 Å². The topological polar surface area (TPSA) is 46.3 Å². The molecule has 1 amide bonds. The first-order valence-electron chi connectivity index (χ1n) is 7.86. The number of nitrogens with two attached hydrogens (primary N) is 1. The lowest BCUT2D eigenvalue weighted by molar-refractivity contribution is 0.0559. The monoisotopic (exact) mass is 308 g/mol. The van der Waals surface area contributed by atoms with E-state index in [1.165, 1.54) is 12.8 Å². The molecule has 21 heavy (non-hydrogen) atoms. The van der Waals surface area contributed by atoms with Gasteiger partial charge in [0.1, 0.15) is 0 Å². The zero-order valence-electron chi connectivity index (χ0n) is 12.9. The maximum atomic E-state index is 12.9. The minimum Gasteiger partial charge on any atom is -0.336 e. The van der Waals surface area contributed by atoms with Crippen LogP contribution in [0, 0.1) is 12.8 Å². The maximum absolute atomic E-state index is 12.9. The Morgan fingerprint density at radius 1 is 1.38 bits per heavy atom. The van der Waals surface area contributed by atoms with E-state index in [0.717, 1.165) is 18.4 Å². The number of nitrogens with zero attached hydrogens (tertiary/aromatic N) is 1. The Balaban J connectivity index is 2.27. The second-order valence-electron chi connectivity index (χ2n) is 5.85. The van der Waals surface area contributed by atoms with Crippen LogP contribution in [0.4, 0.5) is 0 Å². The second-order valence-corrected chi connectivity index (χ2v) is 6.26. The fraction of sp³-hybridized carbons (Fsp3) is 0.588. The minimum absolute atomic E-state index is 0.0860. The predicted molar refractivity (Wildman–Crippen MR) is 87.7 cm³/mol. The highest BCUT2D eigenvalue weighted by Gasteiger charge is 2.32. The molecule has 2 N–H and O–H groups in total. The van der Waals surface area contributed by atoms with E-state index in [1.807, 2.05) is 36.9 Å². The fourth-order valence-electron chi connectivity index (χ4n) is 3.40. The highest BCUT2D eigenvalue weighted by Crippen LogP contribution is 2.30. The van der Waals surface area contributed by atoms with Crippen LogP contribution >= 0.6 is 11.6 Å². The molecule has 1 aromatic carbocycles. The van der Waals surface area contributed by atoms with E-state index >= 15 is 0 Å². The molecule has 2 rings (SSSR count). The SMILES string of the molecule is CCN(C(=O)c1cccc(Cl)c1C)C1CCCCC1CN. The molecule has 1 aromatic rings. The van der Waals surface area contributed by atoms with E-state index in [4.69, 9.17) is 17.3 Å². The van der Waals surface area contributed by atoms with Crippen LogP contribution in [0.5, 0.6) is 0 Å². The van der Waals surface area contributed by atoms with Crippen LogP contribution in [0.2, 0.25) is 5.02 Å². The number of hydrogen-bond donors (Lipinski definition) is 1. The largest absolute Gasteiger partial charge is 0.336 e. The molecule has 1 aliphatic rings. The molecule has 0 heterocycles. The van der Waals surface area contributed by atoms with E-state index in [1.54, 1.807) is 0 Å². The summed E-state index contributed by atoms with van der Waals surface area (Å²) in [5.41, 5.74) is 7.50. The number of rotatable bonds is 4. The molecule has 1 aliphatic carbocycles. The van der Waals surface area contributed by atoms with Gasteiger partial charge in [-0.05, 0) is 56.8 Å². The number of amides is 1. The molecular weight excluding hydrogens is 284 g/mol. The molecule has 2 atom stereocenters. The third-order valence-electron chi connectivity index (χ3n) is 4.67. The van der Waals surface area contributed by atoms with Crippen molar-refractivity contribution in [3.05, 3.63) is 34.3 Å². The van der Waals surface area contributed by atoms with Crippen LogP contribution in [-0.2, 0) is 0 Å². The Morgan fingerprint density at radius 3 is 2.76 bits per heavy atom. The molecule has 1 fully saturated rings. The van der Waals surface area contributed by atoms with Crippen LogP contribution in [-0.4, -0.2) is 29.9 Å². The number of carbonyl (C=O) groups excluding carboxylic acids is 1. The standard InChI is InChI=1S/C17H25ClN2O/c1-3-20(16-10-5-4-7-13(16)11-19)17(21)14-8-6-9-15(18)12(14)2/h6,8-9,13,16H,3-5,7,10-11,19H2,1-2H3. The highest BCUT2D eigenvalue weighted by atomic mass is 35.5. The van der Waals surface area contributed by atoms with Crippen molar-refractivity contribution in [2.75, 3.05) is 13.1 Å². The molecule has 4 heteroatoms. The van der Waals surface area contributed by atoms with E-state index in [0.29, 0.717) is 29.6 Å². The summed E-state index contributed by atoms with van der Waals surface area (Å²) in [6, 6.07) is 5.80. The summed E-state index contributed by atoms with van der Waals surface area (Å²) < 4.78 is 0. The van der Waals surface area contributed by atoms with E-state index < -0.39 is 0 Å². The van der Waals surface area contributed by atoms with Gasteiger partial charge >= 0.3 is 0 Å². The Hall–Kier alpha value is -1.06. The van der Waals surface area contributed by atoms with Crippen LogP contribution < -0.4 is 5.73 Å². The number of hydrogen-bond acceptors (Lipinski definition) is 2. The summed E-state index contributed by atoms with van der Waals surface area (Å²) >= 11 is 6.16. The molecule has 2 unspecified atom stereocenters. The van der Waals surface area contributed by atoms with Crippen molar-refractivity contribution in [3.63, 3.8) is 0 Å². The predicted octanol–water partition coefficient (Wildman–Crippen LogP) is 3.63. The average Bonchev–Trinajstić information content (AvgIpc) is 2.51. The average molecular weight is 309 g/mol. The van der Waals surface area contributed by atoms with Crippen molar-refractivity contribution in [2.24, 2.45) is 11.7 Å². The van der Waals surface area contributed by atoms with Crippen molar-refractivity contribution in [2.45, 2.75) is 45.6 Å². The first-order valence-corrected chi connectivity index (χ1v) is 8.24. The lowest BCUT2D eigenvalue weighted by Crippen LogP contribution is -2.48. The molecule has 0 aromatic heterocycles. The summed E-state index contributed by atoms with van der Waals surface area (Å²) in [5, 5.41) is 0.649. The van der Waals surface area contributed by atoms with Crippen molar-refractivity contribution in [1.29, 1.82) is 0 Å². The fourth-order valence-corrected chi connectivity index (χ4v) is 3.57. The molecule has 0 radical (unpaired) electrons. The third-order valence-corrected chi connectivity index (χ3v) is 5.08. The zero-order chi connectivity index (χ0) is 15.4. The molecule has 1 saturated carbocycles. The van der Waals surface area contributed by atoms with E-state index in [9.17, 15) is 4.79 Å². The quantitative estimate of drug-likeness (QED) is 0.923. The maximum Gasteiger partial charge on any atom is 0.254 e. The van der Waals surface area contributed by atoms with Gasteiger partial charge in [0, 0.05) is 23.2 Å². The van der Waals surface area contributed by atoms with Gasteiger partial charge in [-0.15, -0.1) is 0 Å². The van der Waals surface area contributed by atoms with Crippen molar-refractivity contribution in [3.8, 4) is 0 Å². The van der Waals surface area contributed by atoms with Gasteiger partial charge in [0.05, 0.1) is 0 Å². The van der Waals surface area contributed by atoms with Crippen LogP contribution in [0.1, 0.15) is 48.5 Å². The van der Waals surface area contributed by atoms with Gasteiger partial charge in [-0.1, -0.05) is 30.5 Å². The summed E-state index contributed by atoms with van der Waals surface area (Å²) in [7, 11) is 0. The molecule has 3 nitrogen and oxygen atoms in total. The molecule has 0 spiro atoms. The smallest absolute Gasteiger partial charge is 0.254 e. The van der Waals surface area contributed by atoms with Gasteiger partial charge in [-0.3, -0.25) is 4.79 Å². The van der Waals surface area contributed by atoms with Crippen molar-refractivity contribution in [1.82, 2.24) is 4.90 Å². The lowest BCUT2D eigenvalue weighted by atomic mass is 9.83. The van der Waals surface area contributed by atoms with E-state index in [-0.39, 0.29) is 11.9 Å². The molecule has 0 bridgehead atoms. The van der Waals surface area contributed by atoms with Gasteiger partial charge in [-0.2, -0.15) is 0 Å². The number of carbonyl (C=O) groups is 1. The van der Waals surface area contributed by atoms with Gasteiger partial charge in [-0.25, -0.2) is 0 Å². The van der Waals surface area contributed by atoms with Gasteiger partial charge in [0.15, 0.2) is 0 Å². The lowest BCUT2D eigenvalue weighted by Gasteiger charge is -2.39. The van der Waals surface area contributed by atoms with Gasteiger partial charge < -0.3 is 10.6 Å². The highest BCUT2D eigenvalue weighted by molar-refractivity contribution is 6.31. The molecule has 0 aliphatic heterocycles. The van der Waals surface area contributed by atoms with Crippen molar-refractivity contribution < 1.29 is 4.79 Å². The Kier molecular flexibility index (Phi) is 5.65. The van der Waals surface area contributed by atoms with E-state index in [2.05, 4.69) is 0 Å². The number of benzene rings is 1. The third kappa shape index (κ3) is 3.41. The Labute approximate surface area is 132 Å².